The van der Waals surface area contributed by atoms with Crippen molar-refractivity contribution in [2.45, 2.75) is 13.3 Å². The van der Waals surface area contributed by atoms with Crippen LogP contribution >= 0.6 is 0 Å². The molecule has 8 heavy (non-hydrogen) atoms. The molecule has 0 aromatic rings. The molecule has 0 amide bonds. The Morgan fingerprint density at radius 1 is 1.50 bits per heavy atom. The van der Waals surface area contributed by atoms with Crippen LogP contribution in [0, 0.1) is 0 Å². The van der Waals surface area contributed by atoms with Gasteiger partial charge < -0.3 is 0 Å². The molecule has 0 rings (SSSR count). The van der Waals surface area contributed by atoms with E-state index < -0.39 is 10.1 Å². The van der Waals surface area contributed by atoms with Crippen molar-refractivity contribution in [3.63, 3.8) is 0 Å². The molecule has 5 heteroatoms. The third kappa shape index (κ3) is 9.74. The molecule has 0 aliphatic heterocycles. The SMILES string of the molecule is CCCS(=O)(=O)O.[GaH3]. The van der Waals surface area contributed by atoms with Gasteiger partial charge in [-0.2, -0.15) is 8.42 Å². The summed E-state index contributed by atoms with van der Waals surface area (Å²) in [6, 6.07) is 0. The standard InChI is InChI=1S/C3H8O3S.Ga.3H/c1-2-3-7(4,5)6;;;;/h2-3H2,1H3,(H,4,5,6);;;;. The summed E-state index contributed by atoms with van der Waals surface area (Å²) in [4.78, 5) is 0. The quantitative estimate of drug-likeness (QED) is 0.461. The monoisotopic (exact) mass is 196 g/mol. The van der Waals surface area contributed by atoms with Crippen LogP contribution < -0.4 is 0 Å². The number of hydrogen-bond acceptors (Lipinski definition) is 2. The van der Waals surface area contributed by atoms with Crippen molar-refractivity contribution in [2.24, 2.45) is 0 Å². The van der Waals surface area contributed by atoms with Crippen LogP contribution in [-0.4, -0.2) is 38.5 Å². The fraction of sp³-hybridized carbons (Fsp3) is 1.00. The zero-order chi connectivity index (χ0) is 5.91. The Hall–Kier alpha value is 0.546. The average molecular weight is 197 g/mol. The molecule has 0 spiro atoms. The Morgan fingerprint density at radius 2 is 1.88 bits per heavy atom. The third-order valence-corrected chi connectivity index (χ3v) is 1.39. The van der Waals surface area contributed by atoms with Gasteiger partial charge in [0.2, 0.25) is 0 Å². The first-order valence-corrected chi connectivity index (χ1v) is 3.62. The predicted octanol–water partition coefficient (Wildman–Crippen LogP) is -0.900. The van der Waals surface area contributed by atoms with Crippen LogP contribution in [0.2, 0.25) is 0 Å². The minimum atomic E-state index is -3.67. The molecule has 0 heterocycles. The summed E-state index contributed by atoms with van der Waals surface area (Å²) in [6.45, 7) is 1.69. The van der Waals surface area contributed by atoms with Crippen molar-refractivity contribution in [2.75, 3.05) is 5.75 Å². The van der Waals surface area contributed by atoms with E-state index in [0.29, 0.717) is 6.42 Å². The van der Waals surface area contributed by atoms with Crippen LogP contribution in [0.3, 0.4) is 0 Å². The van der Waals surface area contributed by atoms with Crippen molar-refractivity contribution >= 4 is 29.9 Å². The van der Waals surface area contributed by atoms with Gasteiger partial charge in [-0.05, 0) is 6.42 Å². The van der Waals surface area contributed by atoms with Crippen molar-refractivity contribution in [1.29, 1.82) is 0 Å². The topological polar surface area (TPSA) is 54.4 Å². The van der Waals surface area contributed by atoms with Gasteiger partial charge >= 0.3 is 19.8 Å². The van der Waals surface area contributed by atoms with E-state index in [4.69, 9.17) is 4.55 Å². The van der Waals surface area contributed by atoms with Gasteiger partial charge in [0.25, 0.3) is 10.1 Å². The van der Waals surface area contributed by atoms with Crippen molar-refractivity contribution in [3.05, 3.63) is 0 Å². The summed E-state index contributed by atoms with van der Waals surface area (Å²) in [5.74, 6) is -0.132. The maximum absolute atomic E-state index is 9.79. The molecule has 0 radical (unpaired) electrons. The zero-order valence-corrected chi connectivity index (χ0v) is 4.90. The van der Waals surface area contributed by atoms with Gasteiger partial charge in [-0.3, -0.25) is 4.55 Å². The van der Waals surface area contributed by atoms with Crippen molar-refractivity contribution in [3.8, 4) is 0 Å². The van der Waals surface area contributed by atoms with Crippen molar-refractivity contribution in [1.82, 2.24) is 0 Å². The molecule has 50 valence electrons. The molecule has 0 atom stereocenters. The fourth-order valence-electron chi connectivity index (χ4n) is 0.258. The Kier molecular flexibility index (Phi) is 6.29. The van der Waals surface area contributed by atoms with Gasteiger partial charge in [-0.15, -0.1) is 0 Å². The van der Waals surface area contributed by atoms with Gasteiger partial charge in [-0.25, -0.2) is 0 Å². The molecule has 0 unspecified atom stereocenters. The van der Waals surface area contributed by atoms with E-state index >= 15 is 0 Å². The van der Waals surface area contributed by atoms with E-state index in [1.165, 1.54) is 0 Å². The molecule has 0 aliphatic rings. The second-order valence-corrected chi connectivity index (χ2v) is 2.86. The summed E-state index contributed by atoms with van der Waals surface area (Å²) < 4.78 is 27.6. The summed E-state index contributed by atoms with van der Waals surface area (Å²) in [7, 11) is -3.67. The van der Waals surface area contributed by atoms with E-state index in [-0.39, 0.29) is 25.5 Å². The van der Waals surface area contributed by atoms with E-state index in [1.807, 2.05) is 0 Å². The molecule has 0 fully saturated rings. The first-order chi connectivity index (χ1) is 3.06. The molecule has 0 aromatic carbocycles. The zero-order valence-electron chi connectivity index (χ0n) is 4.09. The normalized spacial score (nSPS) is 10.2. The van der Waals surface area contributed by atoms with Gasteiger partial charge in [0, 0.05) is 0 Å². The molecule has 0 aliphatic carbocycles. The van der Waals surface area contributed by atoms with Crippen molar-refractivity contribution < 1.29 is 13.0 Å². The molecule has 0 bridgehead atoms. The average Bonchev–Trinajstić information content (AvgIpc) is 1.30. The molecular formula is C3H11GaO3S. The molecule has 0 saturated heterocycles. The summed E-state index contributed by atoms with van der Waals surface area (Å²) >= 11 is 0. The molecule has 0 saturated carbocycles. The van der Waals surface area contributed by atoms with Gasteiger partial charge in [0.05, 0.1) is 5.75 Å². The van der Waals surface area contributed by atoms with Crippen LogP contribution in [0.4, 0.5) is 0 Å². The van der Waals surface area contributed by atoms with E-state index in [1.54, 1.807) is 6.92 Å². The second-order valence-electron chi connectivity index (χ2n) is 1.29. The fourth-order valence-corrected chi connectivity index (χ4v) is 0.774. The first kappa shape index (κ1) is 11.4. The van der Waals surface area contributed by atoms with E-state index in [0.717, 1.165) is 0 Å². The molecular weight excluding hydrogens is 186 g/mol. The van der Waals surface area contributed by atoms with Gasteiger partial charge in [-0.1, -0.05) is 6.92 Å². The summed E-state index contributed by atoms with van der Waals surface area (Å²) in [6.07, 6.45) is 0.471. The summed E-state index contributed by atoms with van der Waals surface area (Å²) in [5.41, 5.74) is 0. The molecule has 1 N–H and O–H groups in total. The van der Waals surface area contributed by atoms with Gasteiger partial charge in [0.1, 0.15) is 0 Å². The third-order valence-electron chi connectivity index (χ3n) is 0.462. The van der Waals surface area contributed by atoms with E-state index in [9.17, 15) is 8.42 Å². The number of rotatable bonds is 2. The first-order valence-electron chi connectivity index (χ1n) is 2.01. The second kappa shape index (κ2) is 4.43. The van der Waals surface area contributed by atoms with Crippen LogP contribution in [0.25, 0.3) is 0 Å². The van der Waals surface area contributed by atoms with Crippen LogP contribution in [0.15, 0.2) is 0 Å². The van der Waals surface area contributed by atoms with Crippen LogP contribution in [0.5, 0.6) is 0 Å². The Morgan fingerprint density at radius 3 is 1.88 bits per heavy atom. The maximum atomic E-state index is 9.79. The Labute approximate surface area is 62.3 Å². The van der Waals surface area contributed by atoms with Crippen LogP contribution in [-0.2, 0) is 10.1 Å². The summed E-state index contributed by atoms with van der Waals surface area (Å²) in [5, 5.41) is 0. The predicted molar refractivity (Wildman–Crippen MR) is 36.6 cm³/mol. The molecule has 3 nitrogen and oxygen atoms in total. The van der Waals surface area contributed by atoms with Crippen LogP contribution in [0.1, 0.15) is 13.3 Å². The molecule has 0 aromatic heterocycles. The van der Waals surface area contributed by atoms with E-state index in [2.05, 4.69) is 0 Å². The Balaban J connectivity index is 0. The number of hydrogen-bond donors (Lipinski definition) is 1. The van der Waals surface area contributed by atoms with Gasteiger partial charge in [0.15, 0.2) is 0 Å². The Bertz CT molecular complexity index is 127. The minimum absolute atomic E-state index is 0.